The first-order valence-electron chi connectivity index (χ1n) is 11.5. The summed E-state index contributed by atoms with van der Waals surface area (Å²) in [6.07, 6.45) is 9.12. The fourth-order valence-electron chi connectivity index (χ4n) is 4.11. The molecule has 5 nitrogen and oxygen atoms in total. The molecule has 1 heterocycles. The van der Waals surface area contributed by atoms with E-state index >= 15 is 0 Å². The molecule has 1 aliphatic heterocycles. The summed E-state index contributed by atoms with van der Waals surface area (Å²) in [5, 5.41) is 3.71. The zero-order valence-corrected chi connectivity index (χ0v) is 19.4. The van der Waals surface area contributed by atoms with Gasteiger partial charge in [-0.15, -0.1) is 0 Å². The number of hydrogen-bond donors (Lipinski definition) is 1. The van der Waals surface area contributed by atoms with Gasteiger partial charge in [0.25, 0.3) is 5.91 Å². The molecule has 0 spiro atoms. The summed E-state index contributed by atoms with van der Waals surface area (Å²) in [7, 11) is 0. The minimum Gasteiger partial charge on any atom is -0.449 e. The van der Waals surface area contributed by atoms with E-state index in [-0.39, 0.29) is 24.0 Å². The summed E-state index contributed by atoms with van der Waals surface area (Å²) in [5.41, 5.74) is 1.20. The highest BCUT2D eigenvalue weighted by Crippen LogP contribution is 2.35. The number of amides is 2. The molecular formula is C26H29FN2O3S. The molecule has 1 saturated carbocycles. The summed E-state index contributed by atoms with van der Waals surface area (Å²) in [6.45, 7) is 0.507. The van der Waals surface area contributed by atoms with Gasteiger partial charge in [0.2, 0.25) is 5.91 Å². The molecule has 2 amide bonds. The molecular weight excluding hydrogens is 439 g/mol. The predicted octanol–water partition coefficient (Wildman–Crippen LogP) is 5.16. The Labute approximate surface area is 198 Å². The van der Waals surface area contributed by atoms with Crippen molar-refractivity contribution in [2.45, 2.75) is 43.8 Å². The van der Waals surface area contributed by atoms with Crippen molar-refractivity contribution in [2.75, 3.05) is 23.7 Å². The van der Waals surface area contributed by atoms with Crippen LogP contribution in [0.5, 0.6) is 5.75 Å². The van der Waals surface area contributed by atoms with Gasteiger partial charge in [-0.3, -0.25) is 14.5 Å². The predicted molar refractivity (Wildman–Crippen MR) is 131 cm³/mol. The van der Waals surface area contributed by atoms with Gasteiger partial charge in [-0.25, -0.2) is 4.39 Å². The van der Waals surface area contributed by atoms with E-state index in [4.69, 9.17) is 4.74 Å². The Morgan fingerprint density at radius 2 is 1.88 bits per heavy atom. The van der Waals surface area contributed by atoms with Crippen LogP contribution in [0.25, 0.3) is 6.08 Å². The van der Waals surface area contributed by atoms with Crippen molar-refractivity contribution in [1.82, 2.24) is 5.32 Å². The number of rotatable bonds is 8. The summed E-state index contributed by atoms with van der Waals surface area (Å²) in [6, 6.07) is 12.9. The molecule has 0 bridgehead atoms. The van der Waals surface area contributed by atoms with Gasteiger partial charge in [-0.1, -0.05) is 43.5 Å². The highest BCUT2D eigenvalue weighted by atomic mass is 32.2. The number of nitrogens with zero attached hydrogens (tertiary/aromatic N) is 1. The quantitative estimate of drug-likeness (QED) is 0.429. The SMILES string of the molecule is O=C(CN1C(=O)C(=Cc2ccc(F)cc2)Oc2ccccc21)NCCCSC1CCCCC1. The van der Waals surface area contributed by atoms with Crippen molar-refractivity contribution < 1.29 is 18.7 Å². The van der Waals surface area contributed by atoms with Crippen molar-refractivity contribution >= 4 is 35.3 Å². The van der Waals surface area contributed by atoms with Crippen LogP contribution < -0.4 is 15.0 Å². The lowest BCUT2D eigenvalue weighted by atomic mass is 10.0. The lowest BCUT2D eigenvalue weighted by Gasteiger charge is -2.30. The average molecular weight is 469 g/mol. The van der Waals surface area contributed by atoms with E-state index < -0.39 is 5.91 Å². The summed E-state index contributed by atoms with van der Waals surface area (Å²) in [5.74, 6) is 0.673. The zero-order valence-electron chi connectivity index (χ0n) is 18.6. The Morgan fingerprint density at radius 1 is 1.12 bits per heavy atom. The molecule has 0 radical (unpaired) electrons. The number of thioether (sulfide) groups is 1. The Morgan fingerprint density at radius 3 is 2.67 bits per heavy atom. The number of benzene rings is 2. The van der Waals surface area contributed by atoms with Crippen molar-refractivity contribution in [3.63, 3.8) is 0 Å². The molecule has 2 aliphatic rings. The molecule has 0 atom stereocenters. The number of halogens is 1. The molecule has 0 aromatic heterocycles. The Kier molecular flexibility index (Phi) is 8.05. The first kappa shape index (κ1) is 23.4. The molecule has 0 unspecified atom stereocenters. The van der Waals surface area contributed by atoms with Crippen LogP contribution in [0.4, 0.5) is 10.1 Å². The second-order valence-electron chi connectivity index (χ2n) is 8.36. The summed E-state index contributed by atoms with van der Waals surface area (Å²) in [4.78, 5) is 27.2. The van der Waals surface area contributed by atoms with Crippen LogP contribution in [0.2, 0.25) is 0 Å². The van der Waals surface area contributed by atoms with Crippen LogP contribution in [-0.2, 0) is 9.59 Å². The first-order valence-corrected chi connectivity index (χ1v) is 12.6. The van der Waals surface area contributed by atoms with Gasteiger partial charge in [0, 0.05) is 11.8 Å². The summed E-state index contributed by atoms with van der Waals surface area (Å²) < 4.78 is 19.0. The van der Waals surface area contributed by atoms with E-state index in [9.17, 15) is 14.0 Å². The van der Waals surface area contributed by atoms with Crippen LogP contribution in [0.3, 0.4) is 0 Å². The number of nitrogens with one attached hydrogen (secondary N) is 1. The second kappa shape index (κ2) is 11.4. The van der Waals surface area contributed by atoms with Gasteiger partial charge in [-0.2, -0.15) is 11.8 Å². The first-order chi connectivity index (χ1) is 16.1. The maximum Gasteiger partial charge on any atom is 0.294 e. The number of carbonyl (C=O) groups is 2. The van der Waals surface area contributed by atoms with Crippen LogP contribution in [-0.4, -0.2) is 35.9 Å². The maximum atomic E-state index is 13.2. The van der Waals surface area contributed by atoms with E-state index in [0.717, 1.165) is 17.4 Å². The molecule has 2 aromatic carbocycles. The van der Waals surface area contributed by atoms with Crippen LogP contribution in [0, 0.1) is 5.82 Å². The van der Waals surface area contributed by atoms with Crippen molar-refractivity contribution in [3.05, 3.63) is 65.7 Å². The number of ether oxygens (including phenoxy) is 1. The van der Waals surface area contributed by atoms with Crippen LogP contribution in [0.15, 0.2) is 54.3 Å². The fourth-order valence-corrected chi connectivity index (χ4v) is 5.42. The largest absolute Gasteiger partial charge is 0.449 e. The number of carbonyl (C=O) groups excluding carboxylic acids is 2. The summed E-state index contributed by atoms with van der Waals surface area (Å²) >= 11 is 2.01. The van der Waals surface area contributed by atoms with Gasteiger partial charge in [0.05, 0.1) is 5.69 Å². The zero-order chi connectivity index (χ0) is 23.0. The second-order valence-corrected chi connectivity index (χ2v) is 9.76. The minimum atomic E-state index is -0.402. The standard InChI is InChI=1S/C26H29FN2O3S/c27-20-13-11-19(12-14-20)17-24-26(31)29(22-9-4-5-10-23(22)32-24)18-25(30)28-15-6-16-33-21-7-2-1-3-8-21/h4-5,9-14,17,21H,1-3,6-8,15-16,18H2,(H,28,30). The molecule has 2 aromatic rings. The third-order valence-electron chi connectivity index (χ3n) is 5.85. The topological polar surface area (TPSA) is 58.6 Å². The number of para-hydroxylation sites is 2. The lowest BCUT2D eigenvalue weighted by molar-refractivity contribution is -0.123. The Hall–Kier alpha value is -2.80. The molecule has 0 saturated heterocycles. The highest BCUT2D eigenvalue weighted by molar-refractivity contribution is 7.99. The number of hydrogen-bond acceptors (Lipinski definition) is 4. The Balaban J connectivity index is 1.35. The molecule has 1 N–H and O–H groups in total. The number of fused-ring (bicyclic) bond motifs is 1. The van der Waals surface area contributed by atoms with Gasteiger partial charge in [0.15, 0.2) is 11.5 Å². The van der Waals surface area contributed by atoms with E-state index in [1.165, 1.54) is 49.1 Å². The normalized spacial score (nSPS) is 17.5. The third-order valence-corrected chi connectivity index (χ3v) is 7.32. The molecule has 33 heavy (non-hydrogen) atoms. The van der Waals surface area contributed by atoms with Crippen molar-refractivity contribution in [3.8, 4) is 5.75 Å². The minimum absolute atomic E-state index is 0.0876. The van der Waals surface area contributed by atoms with E-state index in [0.29, 0.717) is 23.5 Å². The third kappa shape index (κ3) is 6.38. The van der Waals surface area contributed by atoms with Gasteiger partial charge in [-0.05, 0) is 60.9 Å². The smallest absolute Gasteiger partial charge is 0.294 e. The van der Waals surface area contributed by atoms with E-state index in [1.54, 1.807) is 36.4 Å². The fraction of sp³-hybridized carbons (Fsp3) is 0.385. The molecule has 1 fully saturated rings. The van der Waals surface area contributed by atoms with Gasteiger partial charge < -0.3 is 10.1 Å². The average Bonchev–Trinajstić information content (AvgIpc) is 2.83. The Bertz CT molecular complexity index is 1000. The molecule has 7 heteroatoms. The number of anilines is 1. The molecule has 1 aliphatic carbocycles. The van der Waals surface area contributed by atoms with Crippen molar-refractivity contribution in [2.24, 2.45) is 0 Å². The molecule has 174 valence electrons. The van der Waals surface area contributed by atoms with Crippen LogP contribution in [0.1, 0.15) is 44.1 Å². The van der Waals surface area contributed by atoms with E-state index in [2.05, 4.69) is 5.32 Å². The maximum absolute atomic E-state index is 13.2. The van der Waals surface area contributed by atoms with Gasteiger partial charge in [0.1, 0.15) is 12.4 Å². The monoisotopic (exact) mass is 468 g/mol. The molecule has 4 rings (SSSR count). The van der Waals surface area contributed by atoms with E-state index in [1.807, 2.05) is 17.8 Å². The lowest BCUT2D eigenvalue weighted by Crippen LogP contribution is -2.44. The highest BCUT2D eigenvalue weighted by Gasteiger charge is 2.31. The van der Waals surface area contributed by atoms with Gasteiger partial charge >= 0.3 is 0 Å². The van der Waals surface area contributed by atoms with Crippen LogP contribution >= 0.6 is 11.8 Å². The van der Waals surface area contributed by atoms with Crippen molar-refractivity contribution in [1.29, 1.82) is 0 Å².